The van der Waals surface area contributed by atoms with E-state index in [1.165, 1.54) is 16.6 Å². The van der Waals surface area contributed by atoms with Crippen LogP contribution in [0.15, 0.2) is 24.3 Å². The molecule has 0 aliphatic heterocycles. The summed E-state index contributed by atoms with van der Waals surface area (Å²) >= 11 is 0. The van der Waals surface area contributed by atoms with Gasteiger partial charge in [-0.05, 0) is 37.8 Å². The molecule has 98 valence electrons. The van der Waals surface area contributed by atoms with Crippen LogP contribution in [0.2, 0.25) is 0 Å². The molecule has 0 saturated heterocycles. The summed E-state index contributed by atoms with van der Waals surface area (Å²) in [6, 6.07) is 8.46. The van der Waals surface area contributed by atoms with Crippen molar-refractivity contribution in [3.05, 3.63) is 30.0 Å². The van der Waals surface area contributed by atoms with E-state index in [0.717, 1.165) is 19.5 Å². The number of hydrogen-bond donors (Lipinski definition) is 1. The normalized spacial score (nSPS) is 13.4. The minimum absolute atomic E-state index is 0.508. The van der Waals surface area contributed by atoms with Crippen molar-refractivity contribution in [3.63, 3.8) is 0 Å². The van der Waals surface area contributed by atoms with Gasteiger partial charge in [-0.3, -0.25) is 4.68 Å². The topological polar surface area (TPSA) is 43.8 Å². The van der Waals surface area contributed by atoms with Crippen LogP contribution in [0, 0.1) is 11.8 Å². The summed E-state index contributed by atoms with van der Waals surface area (Å²) in [6.45, 7) is 8.24. The van der Waals surface area contributed by atoms with Crippen molar-refractivity contribution in [2.24, 2.45) is 17.6 Å². The third-order valence-electron chi connectivity index (χ3n) is 3.74. The second-order valence-electron chi connectivity index (χ2n) is 5.22. The van der Waals surface area contributed by atoms with Crippen LogP contribution in [-0.2, 0) is 13.0 Å². The zero-order chi connectivity index (χ0) is 13.1. The highest BCUT2D eigenvalue weighted by Gasteiger charge is 2.17. The summed E-state index contributed by atoms with van der Waals surface area (Å²) in [6.07, 6.45) is 0.974. The molecule has 3 nitrogen and oxygen atoms in total. The van der Waals surface area contributed by atoms with Crippen molar-refractivity contribution in [2.75, 3.05) is 6.54 Å². The molecule has 0 aliphatic carbocycles. The van der Waals surface area contributed by atoms with Crippen molar-refractivity contribution in [1.82, 2.24) is 9.78 Å². The fraction of sp³-hybridized carbons (Fsp3) is 0.533. The number of rotatable bonds is 5. The zero-order valence-electron chi connectivity index (χ0n) is 11.6. The van der Waals surface area contributed by atoms with Crippen molar-refractivity contribution < 1.29 is 0 Å². The van der Waals surface area contributed by atoms with Crippen LogP contribution in [0.25, 0.3) is 10.9 Å². The SMILES string of the molecule is CCn1nc(CC(CN)C(C)C)c2ccccc21. The maximum Gasteiger partial charge on any atom is 0.0706 e. The highest BCUT2D eigenvalue weighted by Crippen LogP contribution is 2.23. The van der Waals surface area contributed by atoms with Crippen molar-refractivity contribution in [2.45, 2.75) is 33.7 Å². The van der Waals surface area contributed by atoms with E-state index < -0.39 is 0 Å². The molecule has 1 heterocycles. The zero-order valence-corrected chi connectivity index (χ0v) is 11.6. The highest BCUT2D eigenvalue weighted by atomic mass is 15.3. The molecular weight excluding hydrogens is 222 g/mol. The Morgan fingerprint density at radius 3 is 2.61 bits per heavy atom. The van der Waals surface area contributed by atoms with Crippen LogP contribution >= 0.6 is 0 Å². The van der Waals surface area contributed by atoms with Crippen LogP contribution in [-0.4, -0.2) is 16.3 Å². The lowest BCUT2D eigenvalue weighted by atomic mass is 9.90. The number of hydrogen-bond acceptors (Lipinski definition) is 2. The number of aromatic nitrogens is 2. The molecule has 0 bridgehead atoms. The fourth-order valence-corrected chi connectivity index (χ4v) is 2.43. The Morgan fingerprint density at radius 2 is 2.00 bits per heavy atom. The van der Waals surface area contributed by atoms with Gasteiger partial charge in [0.05, 0.1) is 11.2 Å². The van der Waals surface area contributed by atoms with Gasteiger partial charge in [-0.15, -0.1) is 0 Å². The van der Waals surface area contributed by atoms with Crippen LogP contribution in [0.5, 0.6) is 0 Å². The lowest BCUT2D eigenvalue weighted by Gasteiger charge is -2.17. The van der Waals surface area contributed by atoms with Gasteiger partial charge < -0.3 is 5.73 Å². The summed E-state index contributed by atoms with van der Waals surface area (Å²) in [5.41, 5.74) is 8.29. The van der Waals surface area contributed by atoms with Gasteiger partial charge in [0.25, 0.3) is 0 Å². The quantitative estimate of drug-likeness (QED) is 0.880. The minimum Gasteiger partial charge on any atom is -0.330 e. The average Bonchev–Trinajstić information content (AvgIpc) is 2.74. The predicted octanol–water partition coefficient (Wildman–Crippen LogP) is 2.83. The summed E-state index contributed by atoms with van der Waals surface area (Å²) in [7, 11) is 0. The molecule has 3 heteroatoms. The van der Waals surface area contributed by atoms with Gasteiger partial charge in [0.15, 0.2) is 0 Å². The van der Waals surface area contributed by atoms with E-state index in [9.17, 15) is 0 Å². The van der Waals surface area contributed by atoms with Gasteiger partial charge >= 0.3 is 0 Å². The lowest BCUT2D eigenvalue weighted by Crippen LogP contribution is -2.22. The standard InChI is InChI=1S/C15H23N3/c1-4-18-15-8-6-5-7-13(15)14(17-18)9-12(10-16)11(2)3/h5-8,11-12H,4,9-10,16H2,1-3H3. The number of nitrogens with zero attached hydrogens (tertiary/aromatic N) is 2. The first-order chi connectivity index (χ1) is 8.67. The summed E-state index contributed by atoms with van der Waals surface area (Å²) in [4.78, 5) is 0. The van der Waals surface area contributed by atoms with Gasteiger partial charge in [-0.2, -0.15) is 5.10 Å². The van der Waals surface area contributed by atoms with Crippen LogP contribution < -0.4 is 5.73 Å². The molecule has 0 amide bonds. The molecule has 0 spiro atoms. The predicted molar refractivity (Wildman–Crippen MR) is 76.5 cm³/mol. The molecule has 0 aliphatic rings. The first-order valence-electron chi connectivity index (χ1n) is 6.81. The van der Waals surface area contributed by atoms with Gasteiger partial charge in [-0.1, -0.05) is 32.0 Å². The van der Waals surface area contributed by atoms with Crippen molar-refractivity contribution in [1.29, 1.82) is 0 Å². The van der Waals surface area contributed by atoms with Gasteiger partial charge in [0.1, 0.15) is 0 Å². The van der Waals surface area contributed by atoms with Gasteiger partial charge in [0.2, 0.25) is 0 Å². The molecule has 1 aromatic carbocycles. The van der Waals surface area contributed by atoms with E-state index in [4.69, 9.17) is 10.8 Å². The Morgan fingerprint density at radius 1 is 1.28 bits per heavy atom. The third-order valence-corrected chi connectivity index (χ3v) is 3.74. The Labute approximate surface area is 109 Å². The van der Waals surface area contributed by atoms with Crippen LogP contribution in [0.3, 0.4) is 0 Å². The van der Waals surface area contributed by atoms with E-state index in [2.05, 4.69) is 49.7 Å². The number of benzene rings is 1. The first-order valence-corrected chi connectivity index (χ1v) is 6.81. The van der Waals surface area contributed by atoms with Gasteiger partial charge in [0, 0.05) is 11.9 Å². The molecule has 2 N–H and O–H groups in total. The van der Waals surface area contributed by atoms with E-state index in [1.54, 1.807) is 0 Å². The summed E-state index contributed by atoms with van der Waals surface area (Å²) in [5, 5.41) is 6.02. The molecule has 2 rings (SSSR count). The van der Waals surface area contributed by atoms with E-state index in [0.29, 0.717) is 11.8 Å². The molecule has 1 aromatic heterocycles. The lowest BCUT2D eigenvalue weighted by molar-refractivity contribution is 0.388. The third kappa shape index (κ3) is 2.41. The van der Waals surface area contributed by atoms with Crippen molar-refractivity contribution in [3.8, 4) is 0 Å². The summed E-state index contributed by atoms with van der Waals surface area (Å²) in [5.74, 6) is 1.11. The highest BCUT2D eigenvalue weighted by molar-refractivity contribution is 5.81. The number of nitrogens with two attached hydrogens (primary N) is 1. The number of para-hydroxylation sites is 1. The summed E-state index contributed by atoms with van der Waals surface area (Å²) < 4.78 is 2.08. The molecular formula is C15H23N3. The first kappa shape index (κ1) is 13.1. The van der Waals surface area contributed by atoms with E-state index >= 15 is 0 Å². The second kappa shape index (κ2) is 5.53. The average molecular weight is 245 g/mol. The van der Waals surface area contributed by atoms with Gasteiger partial charge in [-0.25, -0.2) is 0 Å². The maximum atomic E-state index is 5.87. The number of fused-ring (bicyclic) bond motifs is 1. The number of aryl methyl sites for hydroxylation is 1. The second-order valence-corrected chi connectivity index (χ2v) is 5.22. The maximum absolute atomic E-state index is 5.87. The minimum atomic E-state index is 0.508. The molecule has 0 radical (unpaired) electrons. The molecule has 0 fully saturated rings. The van der Waals surface area contributed by atoms with Crippen molar-refractivity contribution >= 4 is 10.9 Å². The Bertz CT molecular complexity index is 513. The smallest absolute Gasteiger partial charge is 0.0706 e. The van der Waals surface area contributed by atoms with Crippen LogP contribution in [0.1, 0.15) is 26.5 Å². The molecule has 1 atom stereocenters. The molecule has 18 heavy (non-hydrogen) atoms. The monoisotopic (exact) mass is 245 g/mol. The molecule has 1 unspecified atom stereocenters. The Balaban J connectivity index is 2.39. The fourth-order valence-electron chi connectivity index (χ4n) is 2.43. The van der Waals surface area contributed by atoms with Crippen LogP contribution in [0.4, 0.5) is 0 Å². The Kier molecular flexibility index (Phi) is 4.02. The Hall–Kier alpha value is -1.35. The molecule has 2 aromatic rings. The largest absolute Gasteiger partial charge is 0.330 e. The molecule has 0 saturated carbocycles. The van der Waals surface area contributed by atoms with E-state index in [1.807, 2.05) is 0 Å². The van der Waals surface area contributed by atoms with E-state index in [-0.39, 0.29) is 0 Å².